The van der Waals surface area contributed by atoms with Gasteiger partial charge in [0.2, 0.25) is 15.9 Å². The number of nitrogens with zero attached hydrogens (tertiary/aromatic N) is 3. The number of primary sulfonamides is 1. The molecule has 312 valence electrons. The number of nitrogens with one attached hydrogen (secondary N) is 1. The van der Waals surface area contributed by atoms with Crippen molar-refractivity contribution >= 4 is 33.9 Å². The van der Waals surface area contributed by atoms with E-state index in [9.17, 15) is 33.0 Å². The molecule has 3 aromatic carbocycles. The zero-order valence-corrected chi connectivity index (χ0v) is 34.0. The minimum absolute atomic E-state index is 0.0278. The van der Waals surface area contributed by atoms with E-state index < -0.39 is 21.9 Å². The summed E-state index contributed by atoms with van der Waals surface area (Å²) in [6, 6.07) is 22.1. The van der Waals surface area contributed by atoms with E-state index in [0.717, 1.165) is 43.1 Å². The molecule has 0 saturated carbocycles. The Hall–Kier alpha value is -5.81. The number of nitrogens with two attached hydrogens (primary N) is 1. The molecule has 2 amide bonds. The Kier molecular flexibility index (Phi) is 18.8. The van der Waals surface area contributed by atoms with Crippen molar-refractivity contribution in [2.24, 2.45) is 5.14 Å². The summed E-state index contributed by atoms with van der Waals surface area (Å²) in [6.45, 7) is 7.50. The van der Waals surface area contributed by atoms with Gasteiger partial charge in [-0.25, -0.2) is 18.4 Å². The van der Waals surface area contributed by atoms with Gasteiger partial charge < -0.3 is 35.0 Å². The number of rotatable bonds is 15. The van der Waals surface area contributed by atoms with Gasteiger partial charge in [0.05, 0.1) is 37.2 Å². The summed E-state index contributed by atoms with van der Waals surface area (Å²) in [6.07, 6.45) is 8.04. The number of amides is 2. The number of likely N-dealkylation sites (N-methyl/N-ethyl adjacent to an activating group) is 2. The summed E-state index contributed by atoms with van der Waals surface area (Å²) < 4.78 is 32.9. The molecule has 2 heterocycles. The van der Waals surface area contributed by atoms with Crippen molar-refractivity contribution in [3.05, 3.63) is 120 Å². The number of carboxylic acid groups (broad SMARTS) is 1. The molecule has 1 aliphatic heterocycles. The Morgan fingerprint density at radius 1 is 1.00 bits per heavy atom. The first-order valence-electron chi connectivity index (χ1n) is 18.6. The molecule has 5 rings (SSSR count). The van der Waals surface area contributed by atoms with E-state index in [-0.39, 0.29) is 34.6 Å². The summed E-state index contributed by atoms with van der Waals surface area (Å²) >= 11 is 0. The average Bonchev–Trinajstić information content (AvgIpc) is 3.70. The molecule has 6 N–H and O–H groups in total. The molecule has 16 heteroatoms. The second-order valence-corrected chi connectivity index (χ2v) is 14.6. The first kappa shape index (κ1) is 46.6. The third kappa shape index (κ3) is 14.3. The summed E-state index contributed by atoms with van der Waals surface area (Å²) in [5, 5.41) is 35.2. The van der Waals surface area contributed by atoms with Gasteiger partial charge in [0.1, 0.15) is 5.75 Å². The summed E-state index contributed by atoms with van der Waals surface area (Å²) in [4.78, 5) is 43.2. The van der Waals surface area contributed by atoms with Crippen LogP contribution in [0.15, 0.2) is 102 Å². The summed E-state index contributed by atoms with van der Waals surface area (Å²) in [5.74, 6) is -1.28. The van der Waals surface area contributed by atoms with Crippen molar-refractivity contribution < 1.29 is 47.6 Å². The smallest absolute Gasteiger partial charge is 0.328 e. The Labute approximate surface area is 339 Å². The van der Waals surface area contributed by atoms with Crippen LogP contribution in [-0.4, -0.2) is 109 Å². The van der Waals surface area contributed by atoms with E-state index in [1.165, 1.54) is 44.6 Å². The van der Waals surface area contributed by atoms with Gasteiger partial charge in [-0.05, 0) is 98.1 Å². The molecule has 1 aromatic heterocycles. The van der Waals surface area contributed by atoms with E-state index in [4.69, 9.17) is 19.7 Å². The fourth-order valence-electron chi connectivity index (χ4n) is 6.14. The molecule has 1 fully saturated rings. The van der Waals surface area contributed by atoms with Gasteiger partial charge in [0.15, 0.2) is 11.5 Å². The molecule has 2 atom stereocenters. The average molecular weight is 820 g/mol. The second kappa shape index (κ2) is 23.4. The number of aliphatic hydroxyl groups is 1. The fourth-order valence-corrected chi connectivity index (χ4v) is 6.68. The van der Waals surface area contributed by atoms with Crippen LogP contribution in [0.3, 0.4) is 0 Å². The number of phenols is 1. The van der Waals surface area contributed by atoms with Gasteiger partial charge in [0, 0.05) is 44.1 Å². The van der Waals surface area contributed by atoms with Crippen LogP contribution in [0, 0.1) is 0 Å². The van der Waals surface area contributed by atoms with Gasteiger partial charge >= 0.3 is 5.97 Å². The van der Waals surface area contributed by atoms with E-state index in [0.29, 0.717) is 42.7 Å². The number of likely N-dealkylation sites (tertiary alicyclic amines) is 1. The number of hydrogen-bond acceptors (Lipinski definition) is 11. The number of pyridine rings is 1. The van der Waals surface area contributed by atoms with Crippen molar-refractivity contribution in [3.8, 4) is 17.2 Å². The lowest BCUT2D eigenvalue weighted by molar-refractivity contribution is -0.134. The van der Waals surface area contributed by atoms with Crippen LogP contribution in [0.5, 0.6) is 17.2 Å². The number of sulfonamides is 1. The van der Waals surface area contributed by atoms with Crippen molar-refractivity contribution in [1.29, 1.82) is 0 Å². The number of aromatic nitrogens is 1. The minimum atomic E-state index is -3.87. The van der Waals surface area contributed by atoms with E-state index in [2.05, 4.69) is 22.1 Å². The number of hydrogen-bond donors (Lipinski definition) is 5. The third-order valence-corrected chi connectivity index (χ3v) is 10.2. The largest absolute Gasteiger partial charge is 0.504 e. The lowest BCUT2D eigenvalue weighted by Gasteiger charge is -2.25. The van der Waals surface area contributed by atoms with Crippen LogP contribution in [0.25, 0.3) is 6.08 Å². The number of aliphatic hydroxyl groups excluding tert-OH is 1. The number of aromatic hydroxyl groups is 1. The number of benzene rings is 3. The molecule has 0 spiro atoms. The number of ether oxygens (including phenoxy) is 2. The van der Waals surface area contributed by atoms with Gasteiger partial charge in [-0.1, -0.05) is 43.3 Å². The Morgan fingerprint density at radius 3 is 2.28 bits per heavy atom. The topological polar surface area (TPSA) is 222 Å². The van der Waals surface area contributed by atoms with E-state index in [1.54, 1.807) is 29.4 Å². The van der Waals surface area contributed by atoms with Crippen LogP contribution in [0.2, 0.25) is 0 Å². The molecule has 0 bridgehead atoms. The second-order valence-electron chi connectivity index (χ2n) is 13.0. The van der Waals surface area contributed by atoms with Crippen LogP contribution >= 0.6 is 0 Å². The lowest BCUT2D eigenvalue weighted by atomic mass is 9.98. The minimum Gasteiger partial charge on any atom is -0.504 e. The highest BCUT2D eigenvalue weighted by molar-refractivity contribution is 7.89. The SMILES string of the molecule is CCN(Cc1ccncc1)C(=O)C(CO)c1ccccc1.CCN1CCCC1CNC(=O)c1cc(S(N)(=O)=O)ccc1OC.COc1cc(/C=C/C(=O)O)ccc1O. The molecular weight excluding hydrogens is 767 g/mol. The number of methoxy groups -OCH3 is 2. The van der Waals surface area contributed by atoms with Crippen LogP contribution in [0.4, 0.5) is 0 Å². The molecule has 4 aromatic rings. The fraction of sp³-hybridized carbons (Fsp3) is 0.333. The number of carbonyl (C=O) groups excluding carboxylic acids is 2. The van der Waals surface area contributed by atoms with E-state index >= 15 is 0 Å². The molecule has 2 unspecified atom stereocenters. The van der Waals surface area contributed by atoms with Gasteiger partial charge in [-0.2, -0.15) is 0 Å². The molecule has 0 aliphatic carbocycles. The molecule has 15 nitrogen and oxygen atoms in total. The predicted molar refractivity (Wildman–Crippen MR) is 220 cm³/mol. The van der Waals surface area contributed by atoms with E-state index in [1.807, 2.05) is 49.4 Å². The quantitative estimate of drug-likeness (QED) is 0.106. The third-order valence-electron chi connectivity index (χ3n) is 9.27. The lowest BCUT2D eigenvalue weighted by Crippen LogP contribution is -2.40. The van der Waals surface area contributed by atoms with Crippen LogP contribution < -0.4 is 19.9 Å². The molecular formula is C42H53N5O10S. The Bertz CT molecular complexity index is 2070. The number of carbonyl (C=O) groups is 3. The van der Waals surface area contributed by atoms with Crippen molar-refractivity contribution in [3.63, 3.8) is 0 Å². The van der Waals surface area contributed by atoms with Crippen LogP contribution in [0.1, 0.15) is 59.7 Å². The normalized spacial score (nSPS) is 14.3. The highest BCUT2D eigenvalue weighted by atomic mass is 32.2. The van der Waals surface area contributed by atoms with Crippen LogP contribution in [-0.2, 0) is 26.2 Å². The monoisotopic (exact) mass is 819 g/mol. The highest BCUT2D eigenvalue weighted by Gasteiger charge is 2.26. The summed E-state index contributed by atoms with van der Waals surface area (Å²) in [5.41, 5.74) is 2.70. The molecule has 58 heavy (non-hydrogen) atoms. The van der Waals surface area contributed by atoms with Crippen molar-refractivity contribution in [2.75, 3.05) is 47.0 Å². The van der Waals surface area contributed by atoms with Crippen molar-refractivity contribution in [2.45, 2.75) is 50.1 Å². The number of carboxylic acids is 1. The highest BCUT2D eigenvalue weighted by Crippen LogP contribution is 2.27. The predicted octanol–water partition coefficient (Wildman–Crippen LogP) is 4.26. The molecule has 1 saturated heterocycles. The van der Waals surface area contributed by atoms with Crippen molar-refractivity contribution in [1.82, 2.24) is 20.1 Å². The maximum atomic E-state index is 12.7. The molecule has 0 radical (unpaired) electrons. The maximum absolute atomic E-state index is 12.7. The van der Waals surface area contributed by atoms with Gasteiger partial charge in [-0.3, -0.25) is 19.5 Å². The Morgan fingerprint density at radius 2 is 1.69 bits per heavy atom. The first-order chi connectivity index (χ1) is 27.8. The number of phenolic OH excluding ortho intramolecular Hbond substituents is 1. The zero-order chi connectivity index (χ0) is 42.7. The number of aliphatic carboxylic acids is 1. The van der Waals surface area contributed by atoms with Gasteiger partial charge in [0.25, 0.3) is 5.91 Å². The maximum Gasteiger partial charge on any atom is 0.328 e. The molecule has 1 aliphatic rings. The summed E-state index contributed by atoms with van der Waals surface area (Å²) in [7, 11) is -1.01. The standard InChI is InChI=1S/C17H20N2O2.C15H23N3O4S.C10H10O4/c1-2-19(12-14-8-10-18-11-9-14)17(21)16(13-20)15-6-4-3-5-7-15;1-3-18-8-4-5-11(18)10-17-15(19)13-9-12(23(16,20)21)6-7-14(13)22-2;1-14-9-6-7(2-4-8(9)11)3-5-10(12)13/h3-11,16,20H,2,12-13H2,1H3;6-7,9,11H,3-5,8,10H2,1-2H3,(H,17,19)(H2,16,20,21);2-6,11H,1H3,(H,12,13)/b;;5-3+. The first-order valence-corrected chi connectivity index (χ1v) is 20.1. The Balaban J connectivity index is 0.000000240. The zero-order valence-electron chi connectivity index (χ0n) is 33.2. The van der Waals surface area contributed by atoms with Gasteiger partial charge in [-0.15, -0.1) is 0 Å².